The first-order valence-corrected chi connectivity index (χ1v) is 10.2. The molecule has 0 saturated carbocycles. The molecule has 1 amide bonds. The standard InChI is InChI=1S/C25H24N2O3/c1-18-9-10-20(16-26-18)25(29)27-15-5-6-21(17-27)24(28)19-11-13-23(14-12-19)30-22-7-3-2-4-8-22/h2-4,7-14,16,21H,5-6,15,17H2,1H3/t21-/m1/s1. The minimum absolute atomic E-state index is 0.0633. The van der Waals surface area contributed by atoms with Gasteiger partial charge >= 0.3 is 0 Å². The van der Waals surface area contributed by atoms with Crippen LogP contribution < -0.4 is 4.74 Å². The summed E-state index contributed by atoms with van der Waals surface area (Å²) >= 11 is 0. The minimum atomic E-state index is -0.193. The third-order valence-electron chi connectivity index (χ3n) is 5.36. The lowest BCUT2D eigenvalue weighted by molar-refractivity contribution is 0.0636. The minimum Gasteiger partial charge on any atom is -0.457 e. The van der Waals surface area contributed by atoms with E-state index in [-0.39, 0.29) is 17.6 Å². The number of para-hydroxylation sites is 1. The van der Waals surface area contributed by atoms with Gasteiger partial charge in [-0.25, -0.2) is 0 Å². The average Bonchev–Trinajstić information content (AvgIpc) is 2.80. The van der Waals surface area contributed by atoms with Crippen molar-refractivity contribution >= 4 is 11.7 Å². The summed E-state index contributed by atoms with van der Waals surface area (Å²) in [5.74, 6) is 1.25. The highest BCUT2D eigenvalue weighted by Crippen LogP contribution is 2.25. The number of ketones is 1. The molecular weight excluding hydrogens is 376 g/mol. The molecule has 1 aromatic heterocycles. The molecule has 0 bridgehead atoms. The van der Waals surface area contributed by atoms with Crippen LogP contribution in [0.4, 0.5) is 0 Å². The molecule has 0 N–H and O–H groups in total. The smallest absolute Gasteiger partial charge is 0.255 e. The van der Waals surface area contributed by atoms with E-state index in [4.69, 9.17) is 4.74 Å². The van der Waals surface area contributed by atoms with Crippen molar-refractivity contribution < 1.29 is 14.3 Å². The molecule has 30 heavy (non-hydrogen) atoms. The molecule has 1 aliphatic rings. The molecule has 2 heterocycles. The zero-order valence-corrected chi connectivity index (χ0v) is 17.0. The molecule has 0 aliphatic carbocycles. The van der Waals surface area contributed by atoms with Gasteiger partial charge in [0.15, 0.2) is 5.78 Å². The topological polar surface area (TPSA) is 59.5 Å². The molecule has 0 spiro atoms. The number of aromatic nitrogens is 1. The van der Waals surface area contributed by atoms with Gasteiger partial charge < -0.3 is 9.64 Å². The van der Waals surface area contributed by atoms with E-state index >= 15 is 0 Å². The monoisotopic (exact) mass is 400 g/mol. The quantitative estimate of drug-likeness (QED) is 0.571. The number of nitrogens with zero attached hydrogens (tertiary/aromatic N) is 2. The molecule has 4 rings (SSSR count). The Balaban J connectivity index is 1.41. The largest absolute Gasteiger partial charge is 0.457 e. The number of hydrogen-bond acceptors (Lipinski definition) is 4. The summed E-state index contributed by atoms with van der Waals surface area (Å²) in [7, 11) is 0. The summed E-state index contributed by atoms with van der Waals surface area (Å²) in [6, 6.07) is 20.4. The number of pyridine rings is 1. The van der Waals surface area contributed by atoms with E-state index in [1.54, 1.807) is 29.3 Å². The fourth-order valence-corrected chi connectivity index (χ4v) is 3.70. The summed E-state index contributed by atoms with van der Waals surface area (Å²) in [4.78, 5) is 31.8. The number of benzene rings is 2. The molecule has 5 heteroatoms. The van der Waals surface area contributed by atoms with Gasteiger partial charge in [-0.1, -0.05) is 18.2 Å². The van der Waals surface area contributed by atoms with E-state index < -0.39 is 0 Å². The number of carbonyl (C=O) groups excluding carboxylic acids is 2. The van der Waals surface area contributed by atoms with Gasteiger partial charge in [-0.15, -0.1) is 0 Å². The first-order valence-electron chi connectivity index (χ1n) is 10.2. The van der Waals surface area contributed by atoms with Crippen LogP contribution in [0.25, 0.3) is 0 Å². The summed E-state index contributed by atoms with van der Waals surface area (Å²) in [5.41, 5.74) is 2.08. The van der Waals surface area contributed by atoms with Gasteiger partial charge in [-0.2, -0.15) is 0 Å². The molecule has 1 aliphatic heterocycles. The van der Waals surface area contributed by atoms with Crippen molar-refractivity contribution in [1.29, 1.82) is 0 Å². The Kier molecular flexibility index (Phi) is 5.89. The van der Waals surface area contributed by atoms with Crippen LogP contribution in [-0.2, 0) is 0 Å². The highest BCUT2D eigenvalue weighted by molar-refractivity contribution is 5.99. The number of carbonyl (C=O) groups is 2. The van der Waals surface area contributed by atoms with E-state index in [0.717, 1.165) is 24.3 Å². The number of hydrogen-bond donors (Lipinski definition) is 0. The van der Waals surface area contributed by atoms with Crippen LogP contribution in [0, 0.1) is 12.8 Å². The molecule has 5 nitrogen and oxygen atoms in total. The Morgan fingerprint density at radius 1 is 0.933 bits per heavy atom. The summed E-state index contributed by atoms with van der Waals surface area (Å²) in [5, 5.41) is 0. The normalized spacial score (nSPS) is 16.2. The van der Waals surface area contributed by atoms with Crippen LogP contribution in [0.2, 0.25) is 0 Å². The number of piperidine rings is 1. The van der Waals surface area contributed by atoms with Crippen LogP contribution in [-0.4, -0.2) is 34.7 Å². The number of aryl methyl sites for hydroxylation is 1. The van der Waals surface area contributed by atoms with Crippen molar-refractivity contribution in [2.45, 2.75) is 19.8 Å². The number of rotatable bonds is 5. The number of ether oxygens (including phenoxy) is 1. The number of amides is 1. The zero-order chi connectivity index (χ0) is 20.9. The van der Waals surface area contributed by atoms with Gasteiger partial charge in [0.2, 0.25) is 0 Å². The Hall–Kier alpha value is -3.47. The van der Waals surface area contributed by atoms with E-state index in [9.17, 15) is 9.59 Å². The predicted octanol–water partition coefficient (Wildman–Crippen LogP) is 4.92. The lowest BCUT2D eigenvalue weighted by Gasteiger charge is -2.32. The van der Waals surface area contributed by atoms with E-state index in [1.807, 2.05) is 55.5 Å². The summed E-state index contributed by atoms with van der Waals surface area (Å²) in [6.07, 6.45) is 3.21. The second-order valence-electron chi connectivity index (χ2n) is 7.58. The van der Waals surface area contributed by atoms with Crippen LogP contribution in [0.1, 0.15) is 39.3 Å². The maximum absolute atomic E-state index is 13.0. The van der Waals surface area contributed by atoms with Gasteiger partial charge in [0.1, 0.15) is 11.5 Å². The van der Waals surface area contributed by atoms with Crippen LogP contribution in [0.3, 0.4) is 0 Å². The highest BCUT2D eigenvalue weighted by Gasteiger charge is 2.29. The van der Waals surface area contributed by atoms with Gasteiger partial charge in [0.05, 0.1) is 5.56 Å². The number of likely N-dealkylation sites (tertiary alicyclic amines) is 1. The van der Waals surface area contributed by atoms with Crippen molar-refractivity contribution in [3.8, 4) is 11.5 Å². The van der Waals surface area contributed by atoms with Crippen molar-refractivity contribution in [1.82, 2.24) is 9.88 Å². The Labute approximate surface area is 176 Å². The molecule has 1 saturated heterocycles. The maximum atomic E-state index is 13.0. The first kappa shape index (κ1) is 19.8. The molecule has 2 aromatic carbocycles. The van der Waals surface area contributed by atoms with Gasteiger partial charge in [0, 0.05) is 36.5 Å². The third-order valence-corrected chi connectivity index (χ3v) is 5.36. The van der Waals surface area contributed by atoms with Crippen molar-refractivity contribution in [2.24, 2.45) is 5.92 Å². The summed E-state index contributed by atoms with van der Waals surface area (Å²) in [6.45, 7) is 2.99. The number of Topliss-reactive ketones (excluding diaryl/α,β-unsaturated/α-hetero) is 1. The summed E-state index contributed by atoms with van der Waals surface area (Å²) < 4.78 is 5.79. The van der Waals surface area contributed by atoms with Crippen molar-refractivity contribution in [3.63, 3.8) is 0 Å². The molecule has 3 aromatic rings. The van der Waals surface area contributed by atoms with Crippen LogP contribution in [0.5, 0.6) is 11.5 Å². The van der Waals surface area contributed by atoms with Gasteiger partial charge in [0.25, 0.3) is 5.91 Å². The zero-order valence-electron chi connectivity index (χ0n) is 17.0. The Morgan fingerprint density at radius 2 is 1.63 bits per heavy atom. The first-order chi connectivity index (χ1) is 14.6. The second kappa shape index (κ2) is 8.91. The Morgan fingerprint density at radius 3 is 2.33 bits per heavy atom. The molecule has 1 fully saturated rings. The molecular formula is C25H24N2O3. The molecule has 0 unspecified atom stereocenters. The lowest BCUT2D eigenvalue weighted by Crippen LogP contribution is -2.42. The molecule has 0 radical (unpaired) electrons. The van der Waals surface area contributed by atoms with Gasteiger partial charge in [-0.3, -0.25) is 14.6 Å². The fourth-order valence-electron chi connectivity index (χ4n) is 3.70. The fraction of sp³-hybridized carbons (Fsp3) is 0.240. The van der Waals surface area contributed by atoms with E-state index in [2.05, 4.69) is 4.98 Å². The molecule has 152 valence electrons. The average molecular weight is 400 g/mol. The van der Waals surface area contributed by atoms with Crippen LogP contribution in [0.15, 0.2) is 72.9 Å². The Bertz CT molecular complexity index is 1010. The predicted molar refractivity (Wildman–Crippen MR) is 115 cm³/mol. The van der Waals surface area contributed by atoms with Gasteiger partial charge in [-0.05, 0) is 68.3 Å². The third kappa shape index (κ3) is 4.57. The maximum Gasteiger partial charge on any atom is 0.255 e. The second-order valence-corrected chi connectivity index (χ2v) is 7.58. The SMILES string of the molecule is Cc1ccc(C(=O)N2CCC[C@@H](C(=O)c3ccc(Oc4ccccc4)cc3)C2)cn1. The van der Waals surface area contributed by atoms with E-state index in [0.29, 0.717) is 30.0 Å². The lowest BCUT2D eigenvalue weighted by atomic mass is 9.89. The molecule has 1 atom stereocenters. The van der Waals surface area contributed by atoms with Crippen molar-refractivity contribution in [2.75, 3.05) is 13.1 Å². The highest BCUT2D eigenvalue weighted by atomic mass is 16.5. The van der Waals surface area contributed by atoms with Crippen molar-refractivity contribution in [3.05, 3.63) is 89.7 Å². The van der Waals surface area contributed by atoms with E-state index in [1.165, 1.54) is 0 Å². The van der Waals surface area contributed by atoms with Crippen LogP contribution >= 0.6 is 0 Å².